The maximum atomic E-state index is 10.6. The molecule has 3 saturated carbocycles. The van der Waals surface area contributed by atoms with Crippen molar-refractivity contribution in [2.24, 2.45) is 23.2 Å². The van der Waals surface area contributed by atoms with Gasteiger partial charge in [-0.25, -0.2) is 0 Å². The first-order valence-electron chi connectivity index (χ1n) is 5.78. The van der Waals surface area contributed by atoms with Gasteiger partial charge in [-0.05, 0) is 59.8 Å². The lowest BCUT2D eigenvalue weighted by Crippen LogP contribution is -2.52. The van der Waals surface area contributed by atoms with Crippen LogP contribution in [0.25, 0.3) is 0 Å². The van der Waals surface area contributed by atoms with Crippen LogP contribution in [0.15, 0.2) is 0 Å². The summed E-state index contributed by atoms with van der Waals surface area (Å²) in [5.74, 6) is 4.30. The fraction of sp³-hybridized carbons (Fsp3) is 0.917. The second kappa shape index (κ2) is 4.29. The highest BCUT2D eigenvalue weighted by Gasteiger charge is 2.53. The van der Waals surface area contributed by atoms with Gasteiger partial charge in [-0.15, -0.1) is 0 Å². The summed E-state index contributed by atoms with van der Waals surface area (Å²) < 4.78 is 0. The second-order valence-corrected chi connectivity index (χ2v) is 7.02. The Morgan fingerprint density at radius 2 is 2.20 bits per heavy atom. The van der Waals surface area contributed by atoms with Crippen LogP contribution in [0.5, 0.6) is 0 Å². The van der Waals surface area contributed by atoms with Gasteiger partial charge in [0.05, 0.1) is 5.75 Å². The van der Waals surface area contributed by atoms with Gasteiger partial charge in [0.2, 0.25) is 5.24 Å². The molecule has 2 bridgehead atoms. The van der Waals surface area contributed by atoms with Crippen molar-refractivity contribution >= 4 is 28.6 Å². The molecule has 3 rings (SSSR count). The molecule has 3 heteroatoms. The van der Waals surface area contributed by atoms with Crippen molar-refractivity contribution in [3.8, 4) is 0 Å². The molecule has 0 radical (unpaired) electrons. The lowest BCUT2D eigenvalue weighted by molar-refractivity contribution is -0.109. The minimum atomic E-state index is -0.207. The van der Waals surface area contributed by atoms with Crippen molar-refractivity contribution in [1.82, 2.24) is 0 Å². The first-order chi connectivity index (χ1) is 7.01. The molecule has 0 aromatic rings. The van der Waals surface area contributed by atoms with Crippen molar-refractivity contribution in [3.63, 3.8) is 0 Å². The van der Waals surface area contributed by atoms with Crippen LogP contribution in [0.2, 0.25) is 0 Å². The predicted octanol–water partition coefficient (Wildman–Crippen LogP) is 3.56. The molecule has 0 amide bonds. The Morgan fingerprint density at radius 1 is 1.47 bits per heavy atom. The van der Waals surface area contributed by atoms with Gasteiger partial charge in [-0.1, -0.05) is 13.8 Å². The van der Waals surface area contributed by atoms with Crippen LogP contribution in [0, 0.1) is 23.2 Å². The Hall–Kier alpha value is 0.310. The van der Waals surface area contributed by atoms with Gasteiger partial charge in [0.1, 0.15) is 0 Å². The molecule has 3 fully saturated rings. The minimum Gasteiger partial charge on any atom is -0.280 e. The van der Waals surface area contributed by atoms with Crippen LogP contribution in [-0.4, -0.2) is 16.7 Å². The van der Waals surface area contributed by atoms with E-state index in [4.69, 9.17) is 11.6 Å². The molecular formula is C12H19ClOS. The molecule has 0 aromatic carbocycles. The molecule has 0 unspecified atom stereocenters. The number of hydrogen-bond acceptors (Lipinski definition) is 2. The summed E-state index contributed by atoms with van der Waals surface area (Å²) in [4.78, 5) is 10.6. The lowest BCUT2D eigenvalue weighted by Gasteiger charge is -2.60. The molecule has 3 atom stereocenters. The standard InChI is InChI=1S/C12H19ClOS/c1-12(2)9-4-3-8(10(12)5-9)6-15-7-11(13)14/h8-10H,3-7H2,1-2H3/t8-,9-,10-/m0/s1. The highest BCUT2D eigenvalue weighted by atomic mass is 35.5. The highest BCUT2D eigenvalue weighted by Crippen LogP contribution is 2.61. The molecule has 0 N–H and O–H groups in total. The van der Waals surface area contributed by atoms with Gasteiger partial charge >= 0.3 is 0 Å². The number of halogens is 1. The molecule has 0 saturated heterocycles. The van der Waals surface area contributed by atoms with Crippen LogP contribution in [0.4, 0.5) is 0 Å². The largest absolute Gasteiger partial charge is 0.280 e. The molecule has 86 valence electrons. The molecule has 0 heterocycles. The third-order valence-corrected chi connectivity index (χ3v) is 5.97. The maximum absolute atomic E-state index is 10.6. The summed E-state index contributed by atoms with van der Waals surface area (Å²) in [6.45, 7) is 4.82. The van der Waals surface area contributed by atoms with E-state index in [2.05, 4.69) is 13.8 Å². The van der Waals surface area contributed by atoms with Crippen molar-refractivity contribution < 1.29 is 4.79 Å². The Morgan fingerprint density at radius 3 is 2.73 bits per heavy atom. The third-order valence-electron chi connectivity index (χ3n) is 4.55. The van der Waals surface area contributed by atoms with Gasteiger partial charge in [-0.3, -0.25) is 4.79 Å². The van der Waals surface area contributed by atoms with E-state index >= 15 is 0 Å². The smallest absolute Gasteiger partial charge is 0.231 e. The Bertz CT molecular complexity index is 262. The Labute approximate surface area is 101 Å². The first kappa shape index (κ1) is 11.8. The van der Waals surface area contributed by atoms with Gasteiger partial charge in [0.25, 0.3) is 0 Å². The molecular weight excluding hydrogens is 228 g/mol. The number of carbonyl (C=O) groups excluding carboxylic acids is 1. The van der Waals surface area contributed by atoms with Crippen molar-refractivity contribution in [3.05, 3.63) is 0 Å². The third kappa shape index (κ3) is 2.21. The number of rotatable bonds is 4. The van der Waals surface area contributed by atoms with E-state index < -0.39 is 0 Å². The quantitative estimate of drug-likeness (QED) is 0.706. The molecule has 0 spiro atoms. The molecule has 3 aliphatic carbocycles. The van der Waals surface area contributed by atoms with Crippen LogP contribution in [-0.2, 0) is 4.79 Å². The zero-order valence-electron chi connectivity index (χ0n) is 9.46. The molecule has 3 aliphatic rings. The van der Waals surface area contributed by atoms with E-state index in [1.807, 2.05) is 0 Å². The van der Waals surface area contributed by atoms with E-state index in [9.17, 15) is 4.79 Å². The fourth-order valence-electron chi connectivity index (χ4n) is 3.45. The van der Waals surface area contributed by atoms with Crippen LogP contribution < -0.4 is 0 Å². The monoisotopic (exact) mass is 246 g/mol. The summed E-state index contributed by atoms with van der Waals surface area (Å²) in [6, 6.07) is 0. The Balaban J connectivity index is 1.81. The van der Waals surface area contributed by atoms with E-state index in [-0.39, 0.29) is 5.24 Å². The maximum Gasteiger partial charge on any atom is 0.231 e. The molecule has 0 aromatic heterocycles. The van der Waals surface area contributed by atoms with Crippen LogP contribution in [0.1, 0.15) is 33.1 Å². The lowest BCUT2D eigenvalue weighted by atomic mass is 9.46. The van der Waals surface area contributed by atoms with Gasteiger partial charge < -0.3 is 0 Å². The highest BCUT2D eigenvalue weighted by molar-refractivity contribution is 8.00. The van der Waals surface area contributed by atoms with Gasteiger partial charge in [0, 0.05) is 0 Å². The molecule has 0 aliphatic heterocycles. The van der Waals surface area contributed by atoms with Crippen molar-refractivity contribution in [2.75, 3.05) is 11.5 Å². The van der Waals surface area contributed by atoms with Crippen molar-refractivity contribution in [1.29, 1.82) is 0 Å². The first-order valence-corrected chi connectivity index (χ1v) is 7.31. The second-order valence-electron chi connectivity index (χ2n) is 5.57. The average Bonchev–Trinajstić information content (AvgIpc) is 2.17. The van der Waals surface area contributed by atoms with E-state index in [1.54, 1.807) is 11.8 Å². The topological polar surface area (TPSA) is 17.1 Å². The van der Waals surface area contributed by atoms with E-state index in [1.165, 1.54) is 19.3 Å². The predicted molar refractivity (Wildman–Crippen MR) is 66.3 cm³/mol. The van der Waals surface area contributed by atoms with Crippen LogP contribution in [0.3, 0.4) is 0 Å². The molecule has 15 heavy (non-hydrogen) atoms. The number of hydrogen-bond donors (Lipinski definition) is 0. The fourth-order valence-corrected chi connectivity index (χ4v) is 4.66. The van der Waals surface area contributed by atoms with E-state index in [0.717, 1.165) is 23.5 Å². The van der Waals surface area contributed by atoms with Gasteiger partial charge in [-0.2, -0.15) is 11.8 Å². The van der Waals surface area contributed by atoms with Crippen LogP contribution >= 0.6 is 23.4 Å². The summed E-state index contributed by atoms with van der Waals surface area (Å²) in [5.41, 5.74) is 0.564. The Kier molecular flexibility index (Phi) is 3.37. The average molecular weight is 247 g/mol. The number of fused-ring (bicyclic) bond motifs is 2. The minimum absolute atomic E-state index is 0.207. The summed E-state index contributed by atoms with van der Waals surface area (Å²) in [6.07, 6.45) is 4.18. The number of carbonyl (C=O) groups is 1. The van der Waals surface area contributed by atoms with E-state index in [0.29, 0.717) is 11.2 Å². The van der Waals surface area contributed by atoms with Crippen molar-refractivity contribution in [2.45, 2.75) is 33.1 Å². The number of thioether (sulfide) groups is 1. The molecule has 1 nitrogen and oxygen atoms in total. The zero-order valence-corrected chi connectivity index (χ0v) is 11.0. The summed E-state index contributed by atoms with van der Waals surface area (Å²) in [7, 11) is 0. The van der Waals surface area contributed by atoms with Gasteiger partial charge in [0.15, 0.2) is 0 Å². The summed E-state index contributed by atoms with van der Waals surface area (Å²) >= 11 is 7.05. The summed E-state index contributed by atoms with van der Waals surface area (Å²) in [5, 5.41) is -0.207. The normalized spacial score (nSPS) is 37.1. The SMILES string of the molecule is CC1(C)[C@H]2CC[C@@H](CSCC(=O)Cl)[C@@H]1C2. The zero-order chi connectivity index (χ0) is 11.1.